The highest BCUT2D eigenvalue weighted by Crippen LogP contribution is 2.33. The standard InChI is InChI=1S/C21H18N4O7S/c26-19-20(27)23-16-11-13(1-3-15(16)22-19)21(28)24-5-7-25(8-6-24)33(29,30)14-2-4-17-18(12-14)32-10-9-31-17/h1-4,11-12H,5-10H2. The molecule has 3 amide bonds. The van der Waals surface area contributed by atoms with E-state index in [2.05, 4.69) is 9.98 Å². The summed E-state index contributed by atoms with van der Waals surface area (Å²) < 4.78 is 38.4. The molecule has 0 saturated carbocycles. The molecule has 5 rings (SSSR count). The van der Waals surface area contributed by atoms with Crippen LogP contribution in [-0.2, 0) is 19.6 Å². The molecule has 3 heterocycles. The summed E-state index contributed by atoms with van der Waals surface area (Å²) in [6.07, 6.45) is 0. The number of carbonyl (C=O) groups excluding carboxylic acids is 3. The first-order valence-electron chi connectivity index (χ1n) is 10.2. The fourth-order valence-electron chi connectivity index (χ4n) is 3.80. The van der Waals surface area contributed by atoms with E-state index in [1.54, 1.807) is 6.07 Å². The molecule has 0 spiro atoms. The van der Waals surface area contributed by atoms with E-state index in [1.807, 2.05) is 0 Å². The maximum Gasteiger partial charge on any atom is 0.338 e. The molecular weight excluding hydrogens is 452 g/mol. The van der Waals surface area contributed by atoms with Gasteiger partial charge >= 0.3 is 11.8 Å². The Morgan fingerprint density at radius 1 is 0.818 bits per heavy atom. The Morgan fingerprint density at radius 3 is 2.21 bits per heavy atom. The molecule has 170 valence electrons. The van der Waals surface area contributed by atoms with Crippen molar-refractivity contribution in [3.63, 3.8) is 0 Å². The highest BCUT2D eigenvalue weighted by molar-refractivity contribution is 7.89. The second kappa shape index (κ2) is 8.05. The van der Waals surface area contributed by atoms with Crippen LogP contribution in [0.5, 0.6) is 11.5 Å². The molecule has 0 atom stereocenters. The zero-order chi connectivity index (χ0) is 23.2. The van der Waals surface area contributed by atoms with Crippen LogP contribution >= 0.6 is 0 Å². The predicted molar refractivity (Wildman–Crippen MR) is 111 cm³/mol. The lowest BCUT2D eigenvalue weighted by molar-refractivity contribution is -0.135. The van der Waals surface area contributed by atoms with Crippen LogP contribution in [0.15, 0.2) is 51.3 Å². The molecule has 11 nitrogen and oxygen atoms in total. The lowest BCUT2D eigenvalue weighted by atomic mass is 10.1. The van der Waals surface area contributed by atoms with Gasteiger partial charge in [-0.05, 0) is 30.3 Å². The molecule has 0 N–H and O–H groups in total. The number of carbonyl (C=O) groups is 3. The molecule has 0 bridgehead atoms. The van der Waals surface area contributed by atoms with Crippen molar-refractivity contribution in [2.45, 2.75) is 4.90 Å². The molecular formula is C21H18N4O7S. The lowest BCUT2D eigenvalue weighted by Gasteiger charge is -2.34. The molecule has 33 heavy (non-hydrogen) atoms. The van der Waals surface area contributed by atoms with Crippen LogP contribution in [0.1, 0.15) is 10.4 Å². The van der Waals surface area contributed by atoms with Crippen LogP contribution in [-0.4, -0.2) is 74.7 Å². The molecule has 12 heteroatoms. The van der Waals surface area contributed by atoms with Gasteiger partial charge in [0.05, 0.1) is 15.6 Å². The van der Waals surface area contributed by atoms with Gasteiger partial charge in [0.25, 0.3) is 5.91 Å². The first-order valence-corrected chi connectivity index (χ1v) is 11.6. The van der Waals surface area contributed by atoms with Crippen LogP contribution in [0.2, 0.25) is 0 Å². The van der Waals surface area contributed by atoms with Crippen molar-refractivity contribution in [2.24, 2.45) is 9.98 Å². The molecule has 2 aromatic rings. The van der Waals surface area contributed by atoms with Crippen molar-refractivity contribution in [2.75, 3.05) is 39.4 Å². The monoisotopic (exact) mass is 470 g/mol. The summed E-state index contributed by atoms with van der Waals surface area (Å²) in [5.74, 6) is -1.36. The number of rotatable bonds is 3. The van der Waals surface area contributed by atoms with E-state index in [9.17, 15) is 22.8 Å². The third-order valence-corrected chi connectivity index (χ3v) is 7.42. The molecule has 0 aromatic heterocycles. The fourth-order valence-corrected chi connectivity index (χ4v) is 5.24. The Morgan fingerprint density at radius 2 is 1.48 bits per heavy atom. The minimum absolute atomic E-state index is 0.103. The normalized spacial score (nSPS) is 18.2. The number of hydrogen-bond acceptors (Lipinski definition) is 7. The number of ether oxygens (including phenoxy) is 2. The van der Waals surface area contributed by atoms with Gasteiger partial charge in [-0.2, -0.15) is 4.31 Å². The van der Waals surface area contributed by atoms with Crippen LogP contribution < -0.4 is 20.2 Å². The zero-order valence-electron chi connectivity index (χ0n) is 17.3. The third-order valence-electron chi connectivity index (χ3n) is 5.53. The second-order valence-corrected chi connectivity index (χ2v) is 9.48. The van der Waals surface area contributed by atoms with Crippen molar-refractivity contribution >= 4 is 27.7 Å². The summed E-state index contributed by atoms with van der Waals surface area (Å²) in [5.41, 5.74) is 0.276. The number of sulfonamides is 1. The van der Waals surface area contributed by atoms with Gasteiger partial charge in [0.2, 0.25) is 10.0 Å². The van der Waals surface area contributed by atoms with E-state index < -0.39 is 21.8 Å². The summed E-state index contributed by atoms with van der Waals surface area (Å²) in [4.78, 5) is 44.7. The highest BCUT2D eigenvalue weighted by atomic mass is 32.2. The number of benzene rings is 2. The molecule has 0 aliphatic carbocycles. The van der Waals surface area contributed by atoms with Crippen LogP contribution in [0.25, 0.3) is 0 Å². The Hall–Kier alpha value is -3.64. The quantitative estimate of drug-likeness (QED) is 0.520. The van der Waals surface area contributed by atoms with Gasteiger partial charge in [-0.1, -0.05) is 0 Å². The molecule has 3 aliphatic rings. The summed E-state index contributed by atoms with van der Waals surface area (Å²) in [5, 5.41) is 0.386. The minimum atomic E-state index is -3.77. The Kier molecular flexibility index (Phi) is 5.17. The Labute approximate surface area is 188 Å². The summed E-state index contributed by atoms with van der Waals surface area (Å²) in [6.45, 7) is 1.40. The first-order chi connectivity index (χ1) is 15.8. The average molecular weight is 470 g/mol. The number of piperazine rings is 1. The molecule has 3 aliphatic heterocycles. The second-order valence-electron chi connectivity index (χ2n) is 7.54. The van der Waals surface area contributed by atoms with E-state index in [4.69, 9.17) is 9.47 Å². The topological polar surface area (TPSA) is 135 Å². The van der Waals surface area contributed by atoms with Gasteiger partial charge < -0.3 is 14.4 Å². The van der Waals surface area contributed by atoms with Gasteiger partial charge in [0, 0.05) is 37.8 Å². The van der Waals surface area contributed by atoms with Crippen molar-refractivity contribution in [3.8, 4) is 11.5 Å². The van der Waals surface area contributed by atoms with Crippen molar-refractivity contribution < 1.29 is 32.3 Å². The Bertz CT molecular complexity index is 1410. The van der Waals surface area contributed by atoms with E-state index in [0.717, 1.165) is 0 Å². The van der Waals surface area contributed by atoms with Crippen molar-refractivity contribution in [3.05, 3.63) is 52.7 Å². The van der Waals surface area contributed by atoms with Crippen molar-refractivity contribution in [1.82, 2.24) is 9.21 Å². The maximum absolute atomic E-state index is 13.1. The molecule has 1 saturated heterocycles. The zero-order valence-corrected chi connectivity index (χ0v) is 18.1. The van der Waals surface area contributed by atoms with Crippen LogP contribution in [0, 0.1) is 0 Å². The fraction of sp³-hybridized carbons (Fsp3) is 0.286. The number of amides is 3. The van der Waals surface area contributed by atoms with Gasteiger partial charge in [0.1, 0.15) is 13.2 Å². The number of nitrogens with zero attached hydrogens (tertiary/aromatic N) is 4. The largest absolute Gasteiger partial charge is 0.486 e. The third kappa shape index (κ3) is 3.87. The summed E-state index contributed by atoms with van der Waals surface area (Å²) in [6, 6.07) is 8.88. The van der Waals surface area contributed by atoms with E-state index in [-0.39, 0.29) is 53.3 Å². The van der Waals surface area contributed by atoms with Crippen molar-refractivity contribution in [1.29, 1.82) is 0 Å². The van der Waals surface area contributed by atoms with E-state index in [0.29, 0.717) is 24.7 Å². The van der Waals surface area contributed by atoms with Crippen LogP contribution in [0.4, 0.5) is 0 Å². The van der Waals surface area contributed by atoms with Crippen LogP contribution in [0.3, 0.4) is 0 Å². The lowest BCUT2D eigenvalue weighted by Crippen LogP contribution is -2.50. The summed E-state index contributed by atoms with van der Waals surface area (Å²) in [7, 11) is -3.77. The molecule has 2 aromatic carbocycles. The average Bonchev–Trinajstić information content (AvgIpc) is 2.84. The smallest absolute Gasteiger partial charge is 0.338 e. The van der Waals surface area contributed by atoms with E-state index in [1.165, 1.54) is 39.5 Å². The molecule has 0 radical (unpaired) electrons. The predicted octanol–water partition coefficient (Wildman–Crippen LogP) is -1.09. The van der Waals surface area contributed by atoms with Gasteiger partial charge in [-0.15, -0.1) is 0 Å². The van der Waals surface area contributed by atoms with Gasteiger partial charge in [0.15, 0.2) is 11.5 Å². The summed E-state index contributed by atoms with van der Waals surface area (Å²) >= 11 is 0. The maximum atomic E-state index is 13.1. The molecule has 1 fully saturated rings. The Balaban J connectivity index is 1.30. The van der Waals surface area contributed by atoms with Gasteiger partial charge in [-0.3, -0.25) is 14.4 Å². The first kappa shape index (κ1) is 21.2. The van der Waals surface area contributed by atoms with Gasteiger partial charge in [-0.25, -0.2) is 18.4 Å². The SMILES string of the molecule is O=C1N=c2ccc(C(=O)N3CCN(S(=O)(=O)c4ccc5c(c4)OCCO5)CC3)cc2=NC1=O. The number of hydrogen-bond donors (Lipinski definition) is 0. The van der Waals surface area contributed by atoms with E-state index >= 15 is 0 Å². The highest BCUT2D eigenvalue weighted by Gasteiger charge is 2.31. The minimum Gasteiger partial charge on any atom is -0.486 e. The molecule has 0 unspecified atom stereocenters. The number of fused-ring (bicyclic) bond motifs is 2.